The van der Waals surface area contributed by atoms with Gasteiger partial charge in [0.15, 0.2) is 0 Å². The lowest BCUT2D eigenvalue weighted by atomic mass is 10.0. The van der Waals surface area contributed by atoms with Gasteiger partial charge in [0.25, 0.3) is 0 Å². The molecule has 0 aromatic heterocycles. The van der Waals surface area contributed by atoms with Crippen molar-refractivity contribution in [1.29, 1.82) is 0 Å². The van der Waals surface area contributed by atoms with Crippen LogP contribution in [0, 0.1) is 11.8 Å². The zero-order valence-electron chi connectivity index (χ0n) is 11.3. The molecule has 1 aliphatic heterocycles. The van der Waals surface area contributed by atoms with Crippen LogP contribution in [0.3, 0.4) is 0 Å². The second-order valence-electron chi connectivity index (χ2n) is 5.34. The SMILES string of the molecule is CCN(CC1CCOC1)C(=O)[C@H](N)CC(C)C. The quantitative estimate of drug-likeness (QED) is 0.762. The molecule has 0 aromatic carbocycles. The van der Waals surface area contributed by atoms with Gasteiger partial charge >= 0.3 is 0 Å². The number of hydrogen-bond acceptors (Lipinski definition) is 3. The molecule has 0 spiro atoms. The molecule has 1 rings (SSSR count). The molecule has 17 heavy (non-hydrogen) atoms. The summed E-state index contributed by atoms with van der Waals surface area (Å²) in [6, 6.07) is -0.350. The summed E-state index contributed by atoms with van der Waals surface area (Å²) in [5.74, 6) is 1.04. The fourth-order valence-corrected chi connectivity index (χ4v) is 2.26. The van der Waals surface area contributed by atoms with E-state index in [0.717, 1.165) is 39.1 Å². The lowest BCUT2D eigenvalue weighted by Crippen LogP contribution is -2.46. The van der Waals surface area contributed by atoms with Crippen molar-refractivity contribution < 1.29 is 9.53 Å². The predicted octanol–water partition coefficient (Wildman–Crippen LogP) is 1.24. The van der Waals surface area contributed by atoms with Gasteiger partial charge in [0, 0.05) is 25.6 Å². The van der Waals surface area contributed by atoms with Crippen molar-refractivity contribution in [2.45, 2.75) is 39.7 Å². The monoisotopic (exact) mass is 242 g/mol. The first-order valence-electron chi connectivity index (χ1n) is 6.66. The van der Waals surface area contributed by atoms with Crippen LogP contribution < -0.4 is 5.73 Å². The maximum atomic E-state index is 12.2. The van der Waals surface area contributed by atoms with Crippen LogP contribution in [0.25, 0.3) is 0 Å². The fourth-order valence-electron chi connectivity index (χ4n) is 2.26. The van der Waals surface area contributed by atoms with Gasteiger partial charge in [-0.2, -0.15) is 0 Å². The molecule has 0 aliphatic carbocycles. The lowest BCUT2D eigenvalue weighted by Gasteiger charge is -2.27. The molecule has 0 aromatic rings. The van der Waals surface area contributed by atoms with Gasteiger partial charge in [-0.25, -0.2) is 0 Å². The van der Waals surface area contributed by atoms with E-state index in [1.807, 2.05) is 11.8 Å². The molecule has 0 radical (unpaired) electrons. The van der Waals surface area contributed by atoms with Crippen LogP contribution in [-0.4, -0.2) is 43.2 Å². The van der Waals surface area contributed by atoms with E-state index in [-0.39, 0.29) is 11.9 Å². The van der Waals surface area contributed by atoms with Crippen molar-refractivity contribution in [3.8, 4) is 0 Å². The summed E-state index contributed by atoms with van der Waals surface area (Å²) in [6.07, 6.45) is 1.82. The molecule has 100 valence electrons. The molecular formula is C13H26N2O2. The van der Waals surface area contributed by atoms with Gasteiger partial charge in [-0.3, -0.25) is 4.79 Å². The Morgan fingerprint density at radius 1 is 1.53 bits per heavy atom. The molecule has 1 amide bonds. The van der Waals surface area contributed by atoms with Crippen LogP contribution >= 0.6 is 0 Å². The second kappa shape index (κ2) is 6.97. The van der Waals surface area contributed by atoms with Crippen molar-refractivity contribution >= 4 is 5.91 Å². The number of carbonyl (C=O) groups is 1. The Hall–Kier alpha value is -0.610. The molecule has 4 nitrogen and oxygen atoms in total. The third kappa shape index (κ3) is 4.64. The Morgan fingerprint density at radius 2 is 2.24 bits per heavy atom. The van der Waals surface area contributed by atoms with Gasteiger partial charge in [-0.15, -0.1) is 0 Å². The number of amides is 1. The summed E-state index contributed by atoms with van der Waals surface area (Å²) in [6.45, 7) is 9.33. The number of hydrogen-bond donors (Lipinski definition) is 1. The maximum absolute atomic E-state index is 12.2. The second-order valence-corrected chi connectivity index (χ2v) is 5.34. The number of likely N-dealkylation sites (N-methyl/N-ethyl adjacent to an activating group) is 1. The molecule has 2 atom stereocenters. The maximum Gasteiger partial charge on any atom is 0.239 e. The molecular weight excluding hydrogens is 216 g/mol. The Balaban J connectivity index is 2.44. The summed E-state index contributed by atoms with van der Waals surface area (Å²) < 4.78 is 5.34. The van der Waals surface area contributed by atoms with Crippen LogP contribution in [0.1, 0.15) is 33.6 Å². The molecule has 1 aliphatic rings. The molecule has 0 bridgehead atoms. The summed E-state index contributed by atoms with van der Waals surface area (Å²) in [5, 5.41) is 0. The van der Waals surface area contributed by atoms with Crippen LogP contribution in [0.4, 0.5) is 0 Å². The number of nitrogens with two attached hydrogens (primary N) is 1. The highest BCUT2D eigenvalue weighted by molar-refractivity contribution is 5.81. The normalized spacial score (nSPS) is 21.8. The van der Waals surface area contributed by atoms with E-state index in [4.69, 9.17) is 10.5 Å². The van der Waals surface area contributed by atoms with Crippen molar-refractivity contribution in [2.75, 3.05) is 26.3 Å². The van der Waals surface area contributed by atoms with E-state index < -0.39 is 0 Å². The van der Waals surface area contributed by atoms with Crippen molar-refractivity contribution in [1.82, 2.24) is 4.90 Å². The van der Waals surface area contributed by atoms with Crippen LogP contribution in [-0.2, 0) is 9.53 Å². The van der Waals surface area contributed by atoms with Gasteiger partial charge in [0.05, 0.1) is 12.6 Å². The summed E-state index contributed by atoms with van der Waals surface area (Å²) in [5.41, 5.74) is 5.95. The molecule has 2 N–H and O–H groups in total. The van der Waals surface area contributed by atoms with Crippen molar-refractivity contribution in [3.63, 3.8) is 0 Å². The van der Waals surface area contributed by atoms with E-state index in [1.165, 1.54) is 0 Å². The molecule has 1 heterocycles. The summed E-state index contributed by atoms with van der Waals surface area (Å²) in [7, 11) is 0. The van der Waals surface area contributed by atoms with Gasteiger partial charge in [0.2, 0.25) is 5.91 Å². The van der Waals surface area contributed by atoms with E-state index >= 15 is 0 Å². The summed E-state index contributed by atoms with van der Waals surface area (Å²) >= 11 is 0. The largest absolute Gasteiger partial charge is 0.381 e. The zero-order chi connectivity index (χ0) is 12.8. The van der Waals surface area contributed by atoms with Crippen LogP contribution in [0.15, 0.2) is 0 Å². The number of ether oxygens (including phenoxy) is 1. The third-order valence-corrected chi connectivity index (χ3v) is 3.24. The molecule has 4 heteroatoms. The van der Waals surface area contributed by atoms with E-state index in [1.54, 1.807) is 0 Å². The minimum Gasteiger partial charge on any atom is -0.381 e. The smallest absolute Gasteiger partial charge is 0.239 e. The fraction of sp³-hybridized carbons (Fsp3) is 0.923. The Morgan fingerprint density at radius 3 is 2.71 bits per heavy atom. The third-order valence-electron chi connectivity index (χ3n) is 3.24. The highest BCUT2D eigenvalue weighted by Crippen LogP contribution is 2.15. The molecule has 1 unspecified atom stereocenters. The molecule has 1 saturated heterocycles. The first kappa shape index (κ1) is 14.5. The van der Waals surface area contributed by atoms with Gasteiger partial charge in [0.1, 0.15) is 0 Å². The Bertz CT molecular complexity index is 238. The average Bonchev–Trinajstić information content (AvgIpc) is 2.76. The van der Waals surface area contributed by atoms with Crippen molar-refractivity contribution in [2.24, 2.45) is 17.6 Å². The average molecular weight is 242 g/mol. The van der Waals surface area contributed by atoms with E-state index in [2.05, 4.69) is 13.8 Å². The standard InChI is InChI=1S/C13H26N2O2/c1-4-15(8-11-5-6-17-9-11)13(16)12(14)7-10(2)3/h10-12H,4-9,14H2,1-3H3/t11?,12-/m1/s1. The number of carbonyl (C=O) groups excluding carboxylic acids is 1. The summed E-state index contributed by atoms with van der Waals surface area (Å²) in [4.78, 5) is 14.0. The van der Waals surface area contributed by atoms with Crippen LogP contribution in [0.2, 0.25) is 0 Å². The van der Waals surface area contributed by atoms with Crippen LogP contribution in [0.5, 0.6) is 0 Å². The molecule has 1 fully saturated rings. The zero-order valence-corrected chi connectivity index (χ0v) is 11.3. The molecule has 0 saturated carbocycles. The Labute approximate surface area is 104 Å². The van der Waals surface area contributed by atoms with E-state index in [0.29, 0.717) is 11.8 Å². The minimum atomic E-state index is -0.350. The predicted molar refractivity (Wildman–Crippen MR) is 68.6 cm³/mol. The van der Waals surface area contributed by atoms with Gasteiger partial charge in [-0.05, 0) is 25.7 Å². The van der Waals surface area contributed by atoms with Gasteiger partial charge < -0.3 is 15.4 Å². The first-order chi connectivity index (χ1) is 8.04. The lowest BCUT2D eigenvalue weighted by molar-refractivity contribution is -0.133. The van der Waals surface area contributed by atoms with E-state index in [9.17, 15) is 4.79 Å². The Kier molecular flexibility index (Phi) is 5.92. The highest BCUT2D eigenvalue weighted by Gasteiger charge is 2.25. The minimum absolute atomic E-state index is 0.0908. The van der Waals surface area contributed by atoms with Crippen molar-refractivity contribution in [3.05, 3.63) is 0 Å². The first-order valence-corrected chi connectivity index (χ1v) is 6.66. The highest BCUT2D eigenvalue weighted by atomic mass is 16.5. The number of rotatable bonds is 6. The van der Waals surface area contributed by atoms with Gasteiger partial charge in [-0.1, -0.05) is 13.8 Å². The number of nitrogens with zero attached hydrogens (tertiary/aromatic N) is 1. The topological polar surface area (TPSA) is 55.6 Å².